The van der Waals surface area contributed by atoms with Crippen LogP contribution in [-0.2, 0) is 14.4 Å². The van der Waals surface area contributed by atoms with Gasteiger partial charge in [0.15, 0.2) is 5.82 Å². The Morgan fingerprint density at radius 1 is 1.05 bits per heavy atom. The van der Waals surface area contributed by atoms with Crippen molar-refractivity contribution >= 4 is 40.6 Å². The van der Waals surface area contributed by atoms with Crippen molar-refractivity contribution in [3.8, 4) is 27.4 Å². The average molecular weight is 773 g/mol. The SMILES string of the molecule is Cc1ncsc1-c1ccc([C@H](C)NC(=O)[C@@H]2C[C@@H](O)CN2C(=O)[C@@H](NC(=O)CC2CCN(c3cc(-c4cc(F)ccc4O)nnc3N)CC2)C(C)(C)C)cc1. The molecule has 4 atom stereocenters. The van der Waals surface area contributed by atoms with Crippen LogP contribution in [0.15, 0.2) is 54.0 Å². The average Bonchev–Trinajstić information content (AvgIpc) is 3.76. The number of nitrogen functional groups attached to an aromatic ring is 1. The molecule has 2 aliphatic heterocycles. The van der Waals surface area contributed by atoms with Crippen LogP contribution < -0.4 is 21.3 Å². The Labute approximate surface area is 324 Å². The number of likely N-dealkylation sites (tertiary alicyclic amines) is 1. The van der Waals surface area contributed by atoms with Crippen molar-refractivity contribution < 1.29 is 29.0 Å². The number of aryl methyl sites for hydroxylation is 1. The van der Waals surface area contributed by atoms with Gasteiger partial charge in [0.2, 0.25) is 17.7 Å². The Kier molecular flexibility index (Phi) is 11.7. The number of phenols is 1. The van der Waals surface area contributed by atoms with Crippen LogP contribution in [0.3, 0.4) is 0 Å². The standard InChI is InChI=1S/C40H49FN8O5S/c1-22(25-6-8-26(9-7-25)35-23(2)43-21-55-35)44-38(53)32-18-28(50)20-49(32)39(54)36(40(3,4)5)45-34(52)16-24-12-14-48(15-13-24)31-19-30(46-47-37(31)42)29-17-27(41)10-11-33(29)51/h6-11,17,19,21-22,24,28,32,36,50-51H,12-16,18,20H2,1-5H3,(H2,42,47)(H,44,53)(H,45,52)/t22-,28+,32-,36+/m0/s1. The van der Waals surface area contributed by atoms with Crippen molar-refractivity contribution in [1.82, 2.24) is 30.7 Å². The molecular formula is C40H49FN8O5S. The fourth-order valence-electron chi connectivity index (χ4n) is 7.37. The van der Waals surface area contributed by atoms with E-state index in [0.717, 1.165) is 27.8 Å². The van der Waals surface area contributed by atoms with Crippen LogP contribution in [0.5, 0.6) is 5.75 Å². The van der Waals surface area contributed by atoms with E-state index in [1.54, 1.807) is 17.4 Å². The predicted octanol–water partition coefficient (Wildman–Crippen LogP) is 4.98. The number of nitrogens with two attached hydrogens (primary N) is 1. The number of piperidine rings is 1. The van der Waals surface area contributed by atoms with Crippen molar-refractivity contribution in [1.29, 1.82) is 0 Å². The summed E-state index contributed by atoms with van der Waals surface area (Å²) in [6, 6.07) is 11.0. The van der Waals surface area contributed by atoms with Gasteiger partial charge in [-0.05, 0) is 73.4 Å². The second-order valence-electron chi connectivity index (χ2n) is 15.7. The maximum atomic E-state index is 14.2. The summed E-state index contributed by atoms with van der Waals surface area (Å²) in [7, 11) is 0. The Bertz CT molecular complexity index is 2030. The lowest BCUT2D eigenvalue weighted by Gasteiger charge is -2.36. The third kappa shape index (κ3) is 9.05. The van der Waals surface area contributed by atoms with Crippen LogP contribution in [0.1, 0.15) is 70.7 Å². The van der Waals surface area contributed by atoms with E-state index in [0.29, 0.717) is 31.6 Å². The molecule has 0 aliphatic carbocycles. The fourth-order valence-corrected chi connectivity index (χ4v) is 8.18. The highest BCUT2D eigenvalue weighted by Crippen LogP contribution is 2.35. The minimum absolute atomic E-state index is 0.0113. The van der Waals surface area contributed by atoms with Gasteiger partial charge in [-0.3, -0.25) is 14.4 Å². The molecule has 13 nitrogen and oxygen atoms in total. The molecule has 2 aliphatic rings. The fraction of sp³-hybridized carbons (Fsp3) is 0.450. The number of aromatic nitrogens is 3. The summed E-state index contributed by atoms with van der Waals surface area (Å²) in [5, 5.41) is 35.0. The number of aromatic hydroxyl groups is 1. The Balaban J connectivity index is 1.06. The molecule has 6 rings (SSSR count). The third-order valence-corrected chi connectivity index (χ3v) is 11.5. The zero-order chi connectivity index (χ0) is 39.6. The van der Waals surface area contributed by atoms with E-state index >= 15 is 0 Å². The van der Waals surface area contributed by atoms with Crippen LogP contribution in [0.4, 0.5) is 15.9 Å². The number of halogens is 1. The minimum Gasteiger partial charge on any atom is -0.507 e. The Morgan fingerprint density at radius 2 is 1.76 bits per heavy atom. The number of β-amino-alcohol motifs (C(OH)–C–C–N with tert-alkyl or cyclic N) is 1. The van der Waals surface area contributed by atoms with Crippen LogP contribution >= 0.6 is 11.3 Å². The van der Waals surface area contributed by atoms with Crippen molar-refractivity contribution in [2.45, 2.75) is 84.5 Å². The molecule has 0 bridgehead atoms. The first-order valence-electron chi connectivity index (χ1n) is 18.5. The number of carbonyl (C=O) groups excluding carboxylic acids is 3. The predicted molar refractivity (Wildman–Crippen MR) is 209 cm³/mol. The normalized spacial score (nSPS) is 18.9. The molecule has 0 radical (unpaired) electrons. The highest BCUT2D eigenvalue weighted by Gasteiger charge is 2.45. The zero-order valence-electron chi connectivity index (χ0n) is 31.8. The molecule has 292 valence electrons. The molecule has 2 aromatic carbocycles. The van der Waals surface area contributed by atoms with Gasteiger partial charge in [-0.2, -0.15) is 0 Å². The topological polar surface area (TPSA) is 187 Å². The van der Waals surface area contributed by atoms with Crippen LogP contribution in [0.2, 0.25) is 0 Å². The van der Waals surface area contributed by atoms with Gasteiger partial charge < -0.3 is 36.4 Å². The number of amides is 3. The smallest absolute Gasteiger partial charge is 0.246 e. The molecule has 0 spiro atoms. The lowest BCUT2D eigenvalue weighted by Crippen LogP contribution is -2.58. The number of benzene rings is 2. The van der Waals surface area contributed by atoms with Gasteiger partial charge in [-0.1, -0.05) is 45.0 Å². The lowest BCUT2D eigenvalue weighted by molar-refractivity contribution is -0.144. The lowest BCUT2D eigenvalue weighted by atomic mass is 9.85. The van der Waals surface area contributed by atoms with E-state index in [-0.39, 0.29) is 66.0 Å². The molecule has 2 saturated heterocycles. The summed E-state index contributed by atoms with van der Waals surface area (Å²) in [5.41, 5.74) is 11.3. The molecule has 0 saturated carbocycles. The number of hydrogen-bond acceptors (Lipinski definition) is 11. The first-order chi connectivity index (χ1) is 26.1. The summed E-state index contributed by atoms with van der Waals surface area (Å²) >= 11 is 1.57. The number of aliphatic hydroxyl groups excluding tert-OH is 1. The zero-order valence-corrected chi connectivity index (χ0v) is 32.6. The number of aliphatic hydroxyl groups is 1. The number of nitrogens with one attached hydrogen (secondary N) is 2. The number of hydrogen-bond donors (Lipinski definition) is 5. The van der Waals surface area contributed by atoms with Crippen LogP contribution in [-0.4, -0.2) is 85.8 Å². The summed E-state index contributed by atoms with van der Waals surface area (Å²) in [4.78, 5) is 50.2. The summed E-state index contributed by atoms with van der Waals surface area (Å²) in [5.74, 6) is -1.46. The van der Waals surface area contributed by atoms with Gasteiger partial charge in [0, 0.05) is 38.0 Å². The van der Waals surface area contributed by atoms with Crippen molar-refractivity contribution in [3.63, 3.8) is 0 Å². The molecule has 3 amide bonds. The number of phenolic OH excluding ortho intramolecular Hbond substituents is 1. The van der Waals surface area contributed by atoms with E-state index in [9.17, 15) is 29.0 Å². The van der Waals surface area contributed by atoms with Gasteiger partial charge in [0.05, 0.1) is 39.6 Å². The van der Waals surface area contributed by atoms with E-state index < -0.39 is 35.3 Å². The van der Waals surface area contributed by atoms with Crippen molar-refractivity contribution in [2.24, 2.45) is 11.3 Å². The first-order valence-corrected chi connectivity index (χ1v) is 19.4. The maximum absolute atomic E-state index is 14.2. The number of carbonyl (C=O) groups is 3. The van der Waals surface area contributed by atoms with Crippen LogP contribution in [0.25, 0.3) is 21.7 Å². The minimum atomic E-state index is -0.929. The Morgan fingerprint density at radius 3 is 2.42 bits per heavy atom. The van der Waals surface area contributed by atoms with E-state index in [1.165, 1.54) is 17.0 Å². The second-order valence-corrected chi connectivity index (χ2v) is 16.5. The van der Waals surface area contributed by atoms with Gasteiger partial charge in [-0.15, -0.1) is 21.5 Å². The summed E-state index contributed by atoms with van der Waals surface area (Å²) < 4.78 is 13.9. The highest BCUT2D eigenvalue weighted by molar-refractivity contribution is 7.13. The second kappa shape index (κ2) is 16.3. The molecule has 6 N–H and O–H groups in total. The molecular weight excluding hydrogens is 724 g/mol. The number of nitrogens with zero attached hydrogens (tertiary/aromatic N) is 5. The molecule has 2 fully saturated rings. The van der Waals surface area contributed by atoms with Crippen molar-refractivity contribution in [2.75, 3.05) is 30.3 Å². The van der Waals surface area contributed by atoms with Gasteiger partial charge in [0.1, 0.15) is 23.7 Å². The van der Waals surface area contributed by atoms with E-state index in [4.69, 9.17) is 5.73 Å². The quantitative estimate of drug-likeness (QED) is 0.147. The Hall–Kier alpha value is -5.15. The number of anilines is 2. The maximum Gasteiger partial charge on any atom is 0.246 e. The van der Waals surface area contributed by atoms with E-state index in [2.05, 4.69) is 25.8 Å². The molecule has 4 aromatic rings. The molecule has 15 heteroatoms. The van der Waals surface area contributed by atoms with Gasteiger partial charge in [-0.25, -0.2) is 9.37 Å². The highest BCUT2D eigenvalue weighted by atomic mass is 32.1. The third-order valence-electron chi connectivity index (χ3n) is 10.5. The number of rotatable bonds is 10. The van der Waals surface area contributed by atoms with Gasteiger partial charge in [0.25, 0.3) is 0 Å². The van der Waals surface area contributed by atoms with Crippen LogP contribution in [0, 0.1) is 24.1 Å². The number of thiazole rings is 1. The van der Waals surface area contributed by atoms with Gasteiger partial charge >= 0.3 is 0 Å². The molecule has 2 aromatic heterocycles. The molecule has 55 heavy (non-hydrogen) atoms. The molecule has 0 unspecified atom stereocenters. The largest absolute Gasteiger partial charge is 0.507 e. The first kappa shape index (κ1) is 39.5. The molecule has 4 heterocycles. The summed E-state index contributed by atoms with van der Waals surface area (Å²) in [6.07, 6.45) is 0.747. The monoisotopic (exact) mass is 772 g/mol. The summed E-state index contributed by atoms with van der Waals surface area (Å²) in [6.45, 7) is 10.6. The van der Waals surface area contributed by atoms with Crippen molar-refractivity contribution in [3.05, 3.63) is 71.1 Å². The van der Waals surface area contributed by atoms with E-state index in [1.807, 2.05) is 69.3 Å².